The smallest absolute Gasteiger partial charge is 0.138 e. The summed E-state index contributed by atoms with van der Waals surface area (Å²) in [5.74, 6) is 1.67. The fraction of sp³-hybridized carbons (Fsp3) is 0.143. The highest BCUT2D eigenvalue weighted by Gasteiger charge is 2.23. The van der Waals surface area contributed by atoms with Gasteiger partial charge in [-0.2, -0.15) is 0 Å². The largest absolute Gasteiger partial charge is 0.457 e. The van der Waals surface area contributed by atoms with Crippen molar-refractivity contribution in [1.82, 2.24) is 0 Å². The van der Waals surface area contributed by atoms with E-state index in [0.29, 0.717) is 10.9 Å². The van der Waals surface area contributed by atoms with E-state index in [4.69, 9.17) is 24.8 Å². The fourth-order valence-corrected chi connectivity index (χ4v) is 3.46. The zero-order chi connectivity index (χ0) is 17.7. The molecule has 0 N–H and O–H groups in total. The molecule has 0 aliphatic carbocycles. The summed E-state index contributed by atoms with van der Waals surface area (Å²) in [7, 11) is 11.7. The third-order valence-corrected chi connectivity index (χ3v) is 4.56. The second-order valence-corrected chi connectivity index (χ2v) is 6.41. The Morgan fingerprint density at radius 2 is 2.04 bits per heavy atom. The van der Waals surface area contributed by atoms with Gasteiger partial charge in [-0.25, -0.2) is 0 Å². The molecule has 0 fully saturated rings. The van der Waals surface area contributed by atoms with E-state index in [9.17, 15) is 0 Å². The van der Waals surface area contributed by atoms with Crippen molar-refractivity contribution < 1.29 is 9.15 Å². The molecule has 3 aromatic rings. The first-order valence-corrected chi connectivity index (χ1v) is 8.21. The van der Waals surface area contributed by atoms with Crippen molar-refractivity contribution >= 4 is 44.3 Å². The SMILES string of the molecule is [B]C(=C)/C=c1/oc2c(C)cc3c(c2/c1=C/C)Cc1ccc([B])cc1O3. The lowest BCUT2D eigenvalue weighted by Gasteiger charge is -2.22. The molecule has 4 heteroatoms. The second kappa shape index (κ2) is 5.73. The van der Waals surface area contributed by atoms with E-state index in [2.05, 4.69) is 6.58 Å². The predicted molar refractivity (Wildman–Crippen MR) is 104 cm³/mol. The molecular formula is C21H16B2O2. The summed E-state index contributed by atoms with van der Waals surface area (Å²) in [6.07, 6.45) is 4.57. The molecule has 1 aliphatic rings. The van der Waals surface area contributed by atoms with Gasteiger partial charge in [0.15, 0.2) is 0 Å². The van der Waals surface area contributed by atoms with Crippen molar-refractivity contribution in [1.29, 1.82) is 0 Å². The van der Waals surface area contributed by atoms with Gasteiger partial charge < -0.3 is 9.15 Å². The molecule has 0 saturated carbocycles. The maximum absolute atomic E-state index is 6.15. The number of hydrogen-bond donors (Lipinski definition) is 0. The van der Waals surface area contributed by atoms with Crippen LogP contribution in [0.15, 0.2) is 40.7 Å². The zero-order valence-electron chi connectivity index (χ0n) is 14.3. The molecule has 0 unspecified atom stereocenters. The van der Waals surface area contributed by atoms with Crippen molar-refractivity contribution in [3.63, 3.8) is 0 Å². The maximum Gasteiger partial charge on any atom is 0.138 e. The van der Waals surface area contributed by atoms with Crippen LogP contribution in [0.5, 0.6) is 11.5 Å². The topological polar surface area (TPSA) is 22.4 Å². The lowest BCUT2D eigenvalue weighted by molar-refractivity contribution is 0.461. The van der Waals surface area contributed by atoms with Crippen LogP contribution in [0.3, 0.4) is 0 Å². The van der Waals surface area contributed by atoms with Crippen LogP contribution in [-0.4, -0.2) is 15.7 Å². The highest BCUT2D eigenvalue weighted by Crippen LogP contribution is 2.39. The number of rotatable bonds is 1. The van der Waals surface area contributed by atoms with Gasteiger partial charge in [-0.3, -0.25) is 0 Å². The molecule has 4 rings (SSSR count). The number of ether oxygens (including phenoxy) is 1. The monoisotopic (exact) mass is 322 g/mol. The summed E-state index contributed by atoms with van der Waals surface area (Å²) in [4.78, 5) is 0. The van der Waals surface area contributed by atoms with E-state index in [1.54, 1.807) is 6.08 Å². The molecule has 0 atom stereocenters. The molecule has 2 nitrogen and oxygen atoms in total. The normalized spacial score (nSPS) is 14.3. The van der Waals surface area contributed by atoms with E-state index in [-0.39, 0.29) is 0 Å². The first-order valence-electron chi connectivity index (χ1n) is 8.21. The summed E-state index contributed by atoms with van der Waals surface area (Å²) in [6.45, 7) is 7.77. The summed E-state index contributed by atoms with van der Waals surface area (Å²) in [6, 6.07) is 7.81. The maximum atomic E-state index is 6.15. The predicted octanol–water partition coefficient (Wildman–Crippen LogP) is 2.49. The summed E-state index contributed by atoms with van der Waals surface area (Å²) < 4.78 is 12.3. The number of hydrogen-bond acceptors (Lipinski definition) is 2. The molecule has 118 valence electrons. The number of allylic oxidation sites excluding steroid dienone is 1. The molecule has 0 saturated heterocycles. The van der Waals surface area contributed by atoms with Crippen molar-refractivity contribution in [3.8, 4) is 11.5 Å². The van der Waals surface area contributed by atoms with Gasteiger partial charge in [-0.15, -0.1) is 12.1 Å². The van der Waals surface area contributed by atoms with Crippen LogP contribution in [-0.2, 0) is 6.42 Å². The molecule has 0 spiro atoms. The van der Waals surface area contributed by atoms with Crippen molar-refractivity contribution in [2.75, 3.05) is 0 Å². The minimum Gasteiger partial charge on any atom is -0.457 e. The Bertz CT molecular complexity index is 1150. The van der Waals surface area contributed by atoms with Gasteiger partial charge in [-0.1, -0.05) is 23.7 Å². The highest BCUT2D eigenvalue weighted by atomic mass is 16.5. The summed E-state index contributed by atoms with van der Waals surface area (Å²) in [5.41, 5.74) is 6.01. The van der Waals surface area contributed by atoms with Gasteiger partial charge in [0.1, 0.15) is 38.2 Å². The molecule has 2 aromatic carbocycles. The number of furan rings is 1. The van der Waals surface area contributed by atoms with Gasteiger partial charge in [0.25, 0.3) is 0 Å². The first-order chi connectivity index (χ1) is 12.0. The highest BCUT2D eigenvalue weighted by molar-refractivity contribution is 6.32. The fourth-order valence-electron chi connectivity index (χ4n) is 3.46. The van der Waals surface area contributed by atoms with Crippen LogP contribution in [0.1, 0.15) is 23.6 Å². The Morgan fingerprint density at radius 1 is 1.24 bits per heavy atom. The summed E-state index contributed by atoms with van der Waals surface area (Å²) in [5, 5.41) is 2.09. The Balaban J connectivity index is 2.06. The average molecular weight is 322 g/mol. The third kappa shape index (κ3) is 2.53. The summed E-state index contributed by atoms with van der Waals surface area (Å²) >= 11 is 0. The zero-order valence-corrected chi connectivity index (χ0v) is 14.3. The lowest BCUT2D eigenvalue weighted by atomic mass is 9.90. The third-order valence-electron chi connectivity index (χ3n) is 4.56. The Labute approximate surface area is 149 Å². The molecular weight excluding hydrogens is 306 g/mol. The molecule has 1 aliphatic heterocycles. The lowest BCUT2D eigenvalue weighted by Crippen LogP contribution is -2.21. The van der Waals surface area contributed by atoms with Gasteiger partial charge in [0, 0.05) is 22.6 Å². The van der Waals surface area contributed by atoms with Crippen LogP contribution >= 0.6 is 0 Å². The van der Waals surface area contributed by atoms with Crippen LogP contribution < -0.4 is 20.8 Å². The number of benzene rings is 2. The van der Waals surface area contributed by atoms with Crippen LogP contribution in [0.2, 0.25) is 0 Å². The Morgan fingerprint density at radius 3 is 2.76 bits per heavy atom. The average Bonchev–Trinajstić information content (AvgIpc) is 2.91. The van der Waals surface area contributed by atoms with Crippen molar-refractivity contribution in [2.45, 2.75) is 20.3 Å². The van der Waals surface area contributed by atoms with E-state index < -0.39 is 0 Å². The van der Waals surface area contributed by atoms with E-state index in [1.165, 1.54) is 0 Å². The van der Waals surface area contributed by atoms with Crippen LogP contribution in [0, 0.1) is 6.92 Å². The second-order valence-electron chi connectivity index (χ2n) is 6.41. The number of fused-ring (bicyclic) bond motifs is 4. The molecule has 25 heavy (non-hydrogen) atoms. The number of aryl methyl sites for hydroxylation is 1. The Hall–Kier alpha value is -2.61. The van der Waals surface area contributed by atoms with Crippen LogP contribution in [0.25, 0.3) is 23.1 Å². The quantitative estimate of drug-likeness (QED) is 0.503. The van der Waals surface area contributed by atoms with Crippen LogP contribution in [0.4, 0.5) is 0 Å². The Kier molecular flexibility index (Phi) is 3.64. The molecule has 4 radical (unpaired) electrons. The van der Waals surface area contributed by atoms with Gasteiger partial charge in [0.05, 0.1) is 0 Å². The molecule has 2 heterocycles. The van der Waals surface area contributed by atoms with Gasteiger partial charge in [-0.05, 0) is 43.2 Å². The van der Waals surface area contributed by atoms with E-state index in [1.807, 2.05) is 44.2 Å². The van der Waals surface area contributed by atoms with Gasteiger partial charge >= 0.3 is 0 Å². The van der Waals surface area contributed by atoms with E-state index in [0.717, 1.165) is 56.2 Å². The minimum absolute atomic E-state index is 0.464. The van der Waals surface area contributed by atoms with E-state index >= 15 is 0 Å². The minimum atomic E-state index is 0.464. The molecule has 1 aromatic heterocycles. The van der Waals surface area contributed by atoms with Gasteiger partial charge in [0.2, 0.25) is 0 Å². The first kappa shape index (κ1) is 15.9. The van der Waals surface area contributed by atoms with Crippen molar-refractivity contribution in [3.05, 3.63) is 63.6 Å². The standard InChI is InChI=1S/C21H16B2O2/c1-4-15-19(8-12(3)22)25-21-11(2)7-18-16(20(15)21)9-13-5-6-14(23)10-17(13)24-18/h4-8,10H,3,9H2,1-2H3/b15-4+,19-8+. The van der Waals surface area contributed by atoms with Crippen molar-refractivity contribution in [2.24, 2.45) is 0 Å². The molecule has 0 amide bonds. The molecule has 0 bridgehead atoms.